The summed E-state index contributed by atoms with van der Waals surface area (Å²) in [6, 6.07) is 5.03. The molecule has 0 bridgehead atoms. The van der Waals surface area contributed by atoms with E-state index in [1.165, 1.54) is 10.7 Å². The standard InChI is InChI=1S/C24H23F2N5O2/c1-2-24(18-14-16(25)8-9-19(18)26)11-5-12-30(24)21-10-13-31-22(29-21)20(15-27-31)28-23(32)33-17-6-3-4-7-17/h1,8-10,13-15,17H,3-7,11-12H2,(H,28,32)/t24-/m1/s1. The zero-order chi connectivity index (χ0) is 23.0. The number of ether oxygens (including phenoxy) is 1. The van der Waals surface area contributed by atoms with Crippen molar-refractivity contribution in [3.63, 3.8) is 0 Å². The van der Waals surface area contributed by atoms with E-state index in [4.69, 9.17) is 11.2 Å². The van der Waals surface area contributed by atoms with Crippen molar-refractivity contribution in [3.05, 3.63) is 53.9 Å². The molecule has 0 spiro atoms. The van der Waals surface area contributed by atoms with Crippen LogP contribution in [0.25, 0.3) is 5.65 Å². The van der Waals surface area contributed by atoms with Gasteiger partial charge in [-0.15, -0.1) is 6.42 Å². The average Bonchev–Trinajstić information content (AvgIpc) is 3.56. The maximum atomic E-state index is 14.7. The van der Waals surface area contributed by atoms with Crippen LogP contribution in [0.2, 0.25) is 0 Å². The van der Waals surface area contributed by atoms with Crippen LogP contribution in [0.4, 0.5) is 25.1 Å². The molecule has 33 heavy (non-hydrogen) atoms. The predicted molar refractivity (Wildman–Crippen MR) is 119 cm³/mol. The molecule has 1 aromatic carbocycles. The van der Waals surface area contributed by atoms with E-state index in [0.717, 1.165) is 43.9 Å². The first-order valence-electron chi connectivity index (χ1n) is 11.0. The van der Waals surface area contributed by atoms with Gasteiger partial charge in [-0.2, -0.15) is 5.10 Å². The number of nitrogens with one attached hydrogen (secondary N) is 1. The molecule has 0 radical (unpaired) electrons. The van der Waals surface area contributed by atoms with Gasteiger partial charge in [0.05, 0.1) is 6.20 Å². The van der Waals surface area contributed by atoms with Crippen molar-refractivity contribution < 1.29 is 18.3 Å². The third-order valence-electron chi connectivity index (χ3n) is 6.44. The molecule has 1 N–H and O–H groups in total. The maximum absolute atomic E-state index is 14.7. The van der Waals surface area contributed by atoms with Crippen molar-refractivity contribution in [1.29, 1.82) is 0 Å². The number of hydrogen-bond donors (Lipinski definition) is 1. The molecule has 1 amide bonds. The first-order chi connectivity index (χ1) is 16.0. The van der Waals surface area contributed by atoms with E-state index in [9.17, 15) is 13.6 Å². The van der Waals surface area contributed by atoms with Gasteiger partial charge in [-0.1, -0.05) is 5.92 Å². The molecular weight excluding hydrogens is 428 g/mol. The molecule has 3 aromatic rings. The highest BCUT2D eigenvalue weighted by Gasteiger charge is 2.44. The van der Waals surface area contributed by atoms with Crippen molar-refractivity contribution >= 4 is 23.2 Å². The maximum Gasteiger partial charge on any atom is 0.412 e. The van der Waals surface area contributed by atoms with Gasteiger partial charge in [-0.05, 0) is 62.8 Å². The summed E-state index contributed by atoms with van der Waals surface area (Å²) in [7, 11) is 0. The van der Waals surface area contributed by atoms with Crippen LogP contribution in [0.1, 0.15) is 44.1 Å². The van der Waals surface area contributed by atoms with E-state index >= 15 is 0 Å². The van der Waals surface area contributed by atoms with Crippen LogP contribution in [0, 0.1) is 24.0 Å². The van der Waals surface area contributed by atoms with Crippen LogP contribution in [-0.4, -0.2) is 33.3 Å². The van der Waals surface area contributed by atoms with Crippen LogP contribution >= 0.6 is 0 Å². The zero-order valence-corrected chi connectivity index (χ0v) is 17.9. The summed E-state index contributed by atoms with van der Waals surface area (Å²) in [6.07, 6.45) is 13.4. The van der Waals surface area contributed by atoms with Crippen molar-refractivity contribution in [1.82, 2.24) is 14.6 Å². The molecule has 0 unspecified atom stereocenters. The molecule has 3 heterocycles. The quantitative estimate of drug-likeness (QED) is 0.586. The number of fused-ring (bicyclic) bond motifs is 1. The van der Waals surface area contributed by atoms with Crippen LogP contribution in [0.3, 0.4) is 0 Å². The van der Waals surface area contributed by atoms with Gasteiger partial charge in [-0.3, -0.25) is 5.32 Å². The SMILES string of the molecule is C#C[C@]1(c2cc(F)ccc2F)CCCN1c1ccn2ncc(NC(=O)OC3CCCC3)c2n1. The normalized spacial score (nSPS) is 20.8. The molecule has 7 nitrogen and oxygen atoms in total. The number of carbonyl (C=O) groups excluding carboxylic acids is 1. The number of hydrogen-bond acceptors (Lipinski definition) is 5. The lowest BCUT2D eigenvalue weighted by molar-refractivity contribution is 0.114. The summed E-state index contributed by atoms with van der Waals surface area (Å²) in [5, 5.41) is 6.94. The lowest BCUT2D eigenvalue weighted by atomic mass is 9.87. The number of terminal acetylenes is 1. The van der Waals surface area contributed by atoms with Crippen LogP contribution in [-0.2, 0) is 10.3 Å². The first-order valence-corrected chi connectivity index (χ1v) is 11.0. The minimum atomic E-state index is -1.17. The summed E-state index contributed by atoms with van der Waals surface area (Å²) < 4.78 is 35.7. The highest BCUT2D eigenvalue weighted by molar-refractivity contribution is 5.89. The Balaban J connectivity index is 1.48. The zero-order valence-electron chi connectivity index (χ0n) is 17.9. The largest absolute Gasteiger partial charge is 0.446 e. The molecule has 1 aliphatic heterocycles. The monoisotopic (exact) mass is 451 g/mol. The van der Waals surface area contributed by atoms with Gasteiger partial charge >= 0.3 is 6.09 Å². The Bertz CT molecular complexity index is 1250. The molecule has 5 rings (SSSR count). The third-order valence-corrected chi connectivity index (χ3v) is 6.44. The Labute approximate surface area is 189 Å². The molecule has 1 saturated heterocycles. The van der Waals surface area contributed by atoms with Crippen LogP contribution < -0.4 is 10.2 Å². The molecule has 170 valence electrons. The van der Waals surface area contributed by atoms with Gasteiger partial charge in [0.1, 0.15) is 34.8 Å². The van der Waals surface area contributed by atoms with E-state index in [-0.39, 0.29) is 11.7 Å². The second-order valence-corrected chi connectivity index (χ2v) is 8.43. The van der Waals surface area contributed by atoms with Crippen molar-refractivity contribution in [2.45, 2.75) is 50.2 Å². The number of amides is 1. The minimum absolute atomic E-state index is 0.0719. The predicted octanol–water partition coefficient (Wildman–Crippen LogP) is 4.63. The van der Waals surface area contributed by atoms with Crippen LogP contribution in [0.5, 0.6) is 0 Å². The van der Waals surface area contributed by atoms with Gasteiger partial charge in [0, 0.05) is 18.3 Å². The van der Waals surface area contributed by atoms with Crippen molar-refractivity contribution in [2.75, 3.05) is 16.8 Å². The molecule has 1 aliphatic carbocycles. The van der Waals surface area contributed by atoms with Gasteiger partial charge in [0.15, 0.2) is 5.65 Å². The van der Waals surface area contributed by atoms with Gasteiger partial charge in [0.2, 0.25) is 0 Å². The van der Waals surface area contributed by atoms with Crippen molar-refractivity contribution in [3.8, 4) is 12.3 Å². The molecule has 9 heteroatoms. The lowest BCUT2D eigenvalue weighted by Crippen LogP contribution is -2.41. The molecule has 2 aromatic heterocycles. The Hall–Kier alpha value is -3.67. The molecule has 1 atom stereocenters. The van der Waals surface area contributed by atoms with Crippen molar-refractivity contribution in [2.24, 2.45) is 0 Å². The number of nitrogens with zero attached hydrogens (tertiary/aromatic N) is 4. The number of benzene rings is 1. The Morgan fingerprint density at radius 2 is 2.06 bits per heavy atom. The summed E-state index contributed by atoms with van der Waals surface area (Å²) in [5.41, 5.74) is -0.279. The highest BCUT2D eigenvalue weighted by Crippen LogP contribution is 2.42. The Kier molecular flexibility index (Phi) is 5.36. The Morgan fingerprint density at radius 3 is 2.85 bits per heavy atom. The number of carbonyl (C=O) groups is 1. The van der Waals surface area contributed by atoms with E-state index in [1.807, 2.05) is 0 Å². The highest BCUT2D eigenvalue weighted by atomic mass is 19.1. The van der Waals surface area contributed by atoms with E-state index < -0.39 is 23.3 Å². The van der Waals surface area contributed by atoms with Gasteiger partial charge < -0.3 is 9.64 Å². The fourth-order valence-corrected chi connectivity index (χ4v) is 4.85. The second kappa shape index (κ2) is 8.35. The average molecular weight is 451 g/mol. The molecular formula is C24H23F2N5O2. The fourth-order valence-electron chi connectivity index (χ4n) is 4.85. The number of rotatable bonds is 4. The summed E-state index contributed by atoms with van der Waals surface area (Å²) in [4.78, 5) is 18.8. The number of halogens is 2. The molecule has 2 aliphatic rings. The fraction of sp³-hybridized carbons (Fsp3) is 0.375. The molecule has 1 saturated carbocycles. The van der Waals surface area contributed by atoms with E-state index in [2.05, 4.69) is 21.3 Å². The molecule has 2 fully saturated rings. The topological polar surface area (TPSA) is 71.8 Å². The van der Waals surface area contributed by atoms with E-state index in [0.29, 0.717) is 36.5 Å². The lowest BCUT2D eigenvalue weighted by Gasteiger charge is -2.35. The smallest absolute Gasteiger partial charge is 0.412 e. The minimum Gasteiger partial charge on any atom is -0.446 e. The Morgan fingerprint density at radius 1 is 1.24 bits per heavy atom. The summed E-state index contributed by atoms with van der Waals surface area (Å²) in [6.45, 7) is 0.518. The number of aromatic nitrogens is 3. The summed E-state index contributed by atoms with van der Waals surface area (Å²) >= 11 is 0. The van der Waals surface area contributed by atoms with E-state index in [1.54, 1.807) is 17.2 Å². The van der Waals surface area contributed by atoms with Crippen LogP contribution in [0.15, 0.2) is 36.7 Å². The summed E-state index contributed by atoms with van der Waals surface area (Å²) in [5.74, 6) is 2.07. The third kappa shape index (κ3) is 3.75. The van der Waals surface area contributed by atoms with Gasteiger partial charge in [0.25, 0.3) is 0 Å². The first kappa shape index (κ1) is 21.2. The van der Waals surface area contributed by atoms with Gasteiger partial charge in [-0.25, -0.2) is 23.1 Å². The number of anilines is 2. The second-order valence-electron chi connectivity index (χ2n) is 8.43.